The van der Waals surface area contributed by atoms with Crippen molar-refractivity contribution in [2.45, 2.75) is 229 Å². The fraction of sp³-hybridized carbons (Fsp3) is 0.731. The first-order valence-electron chi connectivity index (χ1n) is 26.1. The molecule has 0 aromatic carbocycles. The van der Waals surface area contributed by atoms with Crippen LogP contribution < -0.4 is 0 Å². The van der Waals surface area contributed by atoms with Crippen LogP contribution in [0.25, 0.3) is 0 Å². The second-order valence-electron chi connectivity index (χ2n) is 18.3. The first-order chi connectivity index (χ1) is 34.1. The monoisotopic (exact) mass is 1050 g/mol. The van der Waals surface area contributed by atoms with Crippen LogP contribution in [0.15, 0.2) is 72.9 Å². The lowest BCUT2D eigenvalue weighted by Crippen LogP contribution is -2.64. The largest absolute Gasteiger partial charge is 0.472 e. The van der Waals surface area contributed by atoms with Crippen LogP contribution in [0.1, 0.15) is 174 Å². The summed E-state index contributed by atoms with van der Waals surface area (Å²) in [7, 11) is -10.7. The molecule has 0 spiro atoms. The predicted molar refractivity (Wildman–Crippen MR) is 273 cm³/mol. The molecule has 2 aliphatic rings. The van der Waals surface area contributed by atoms with Crippen LogP contribution in [-0.2, 0) is 46.5 Å². The standard InChI is InChI=1S/C52H88O17P2/c1-3-5-7-9-11-13-15-17-18-19-20-21-22-23-24-26-28-30-32-34-38-45(53)64-40-42(41-65-71(62,63)69-52-49(57)47(55)48(56)51(50(52)58)68-70(59,60)61)66-46(54)39-35-37-44-43(67-44)36-33-31-29-27-25-16-14-12-10-8-6-4-2/h12-15,18-19,21-22,25,27,31,33,42-44,47-52,55-58H,3-11,16-17,20,23-24,26,28-30,32,34-41H2,1-2H3,(H,62,63)(H2,59,60,61)/b14-12-,15-13-,19-18-,22-21-,27-25-,33-31-/t42-,43?,44?,47?,48?,49?,50?,51-,52+/m1/s1. The van der Waals surface area contributed by atoms with E-state index in [1.807, 2.05) is 0 Å². The molecular formula is C52H88O17P2. The summed E-state index contributed by atoms with van der Waals surface area (Å²) in [5.74, 6) is -1.30. The van der Waals surface area contributed by atoms with Crippen LogP contribution in [0.4, 0.5) is 0 Å². The summed E-state index contributed by atoms with van der Waals surface area (Å²) in [5.41, 5.74) is 0. The van der Waals surface area contributed by atoms with Gasteiger partial charge < -0.3 is 49.3 Å². The molecule has 408 valence electrons. The number of aliphatic hydroxyl groups excluding tert-OH is 4. The van der Waals surface area contributed by atoms with E-state index < -0.39 is 83.5 Å². The number of carbonyl (C=O) groups is 2. The van der Waals surface area contributed by atoms with Crippen molar-refractivity contribution in [3.63, 3.8) is 0 Å². The van der Waals surface area contributed by atoms with Crippen LogP contribution in [0, 0.1) is 0 Å². The fourth-order valence-electron chi connectivity index (χ4n) is 7.77. The SMILES string of the molecule is CCCCC/C=C\C/C=C\C/C=C\CC1OC1CCCC(=O)O[C@H](COC(=O)CCCCCCCC/C=C\C/C=C\C/C=C\CCCCCC)COP(=O)(O)O[C@H]1C(O)C(O)C(O)[C@@H](OP(=O)(O)O)C1O. The van der Waals surface area contributed by atoms with Gasteiger partial charge in [0, 0.05) is 12.8 Å². The average molecular weight is 1050 g/mol. The normalized spacial score (nSPS) is 24.3. The van der Waals surface area contributed by atoms with Gasteiger partial charge >= 0.3 is 27.6 Å². The Labute approximate surface area is 423 Å². The van der Waals surface area contributed by atoms with Crippen molar-refractivity contribution in [1.82, 2.24) is 0 Å². The summed E-state index contributed by atoms with van der Waals surface area (Å²) in [6.45, 7) is 3.00. The summed E-state index contributed by atoms with van der Waals surface area (Å²) in [6, 6.07) is 0. The lowest BCUT2D eigenvalue weighted by molar-refractivity contribution is -0.216. The van der Waals surface area contributed by atoms with Crippen LogP contribution >= 0.6 is 15.6 Å². The second kappa shape index (κ2) is 38.9. The Kier molecular flexibility index (Phi) is 35.3. The molecule has 1 aliphatic carbocycles. The summed E-state index contributed by atoms with van der Waals surface area (Å²) < 4.78 is 55.3. The summed E-state index contributed by atoms with van der Waals surface area (Å²) in [5, 5.41) is 41.4. The highest BCUT2D eigenvalue weighted by Gasteiger charge is 2.54. The number of epoxide rings is 1. The molecule has 2 rings (SSSR count). The van der Waals surface area contributed by atoms with E-state index in [0.717, 1.165) is 83.5 Å². The maximum atomic E-state index is 13.0. The van der Waals surface area contributed by atoms with Crippen molar-refractivity contribution in [2.75, 3.05) is 13.2 Å². The number of hydrogen-bond acceptors (Lipinski definition) is 14. The minimum Gasteiger partial charge on any atom is -0.462 e. The summed E-state index contributed by atoms with van der Waals surface area (Å²) >= 11 is 0. The Morgan fingerprint density at radius 2 is 0.986 bits per heavy atom. The molecule has 0 amide bonds. The van der Waals surface area contributed by atoms with Crippen molar-refractivity contribution in [3.05, 3.63) is 72.9 Å². The van der Waals surface area contributed by atoms with Gasteiger partial charge in [-0.2, -0.15) is 0 Å². The van der Waals surface area contributed by atoms with E-state index >= 15 is 0 Å². The van der Waals surface area contributed by atoms with Crippen molar-refractivity contribution < 1.29 is 81.6 Å². The molecular weight excluding hydrogens is 959 g/mol. The van der Waals surface area contributed by atoms with Gasteiger partial charge in [-0.3, -0.25) is 23.2 Å². The molecule has 1 heterocycles. The number of ether oxygens (including phenoxy) is 3. The first-order valence-corrected chi connectivity index (χ1v) is 29.1. The zero-order valence-corrected chi connectivity index (χ0v) is 44.1. The Morgan fingerprint density at radius 1 is 0.521 bits per heavy atom. The molecule has 7 unspecified atom stereocenters. The zero-order chi connectivity index (χ0) is 52.2. The minimum atomic E-state index is -5.38. The van der Waals surface area contributed by atoms with E-state index in [0.29, 0.717) is 19.3 Å². The minimum absolute atomic E-state index is 0.0163. The van der Waals surface area contributed by atoms with E-state index in [-0.39, 0.29) is 25.0 Å². The van der Waals surface area contributed by atoms with Crippen LogP contribution in [0.3, 0.4) is 0 Å². The number of hydrogen-bond donors (Lipinski definition) is 7. The molecule has 10 atom stereocenters. The van der Waals surface area contributed by atoms with Crippen molar-refractivity contribution >= 4 is 27.6 Å². The van der Waals surface area contributed by atoms with Crippen LogP contribution in [0.5, 0.6) is 0 Å². The van der Waals surface area contributed by atoms with Gasteiger partial charge in [0.15, 0.2) is 6.10 Å². The van der Waals surface area contributed by atoms with Crippen molar-refractivity contribution in [3.8, 4) is 0 Å². The highest BCUT2D eigenvalue weighted by Crippen LogP contribution is 2.49. The molecule has 1 saturated heterocycles. The number of allylic oxidation sites excluding steroid dienone is 11. The number of phosphoric ester groups is 2. The fourth-order valence-corrected chi connectivity index (χ4v) is 9.31. The van der Waals surface area contributed by atoms with Gasteiger partial charge in [-0.15, -0.1) is 0 Å². The lowest BCUT2D eigenvalue weighted by Gasteiger charge is -2.43. The quantitative estimate of drug-likeness (QED) is 0.00985. The molecule has 0 aromatic rings. The van der Waals surface area contributed by atoms with Crippen LogP contribution in [0.2, 0.25) is 0 Å². The van der Waals surface area contributed by atoms with Gasteiger partial charge in [0.05, 0.1) is 18.8 Å². The number of carbonyl (C=O) groups excluding carboxylic acids is 2. The molecule has 7 N–H and O–H groups in total. The van der Waals surface area contributed by atoms with Gasteiger partial charge in [0.2, 0.25) is 0 Å². The van der Waals surface area contributed by atoms with E-state index in [9.17, 15) is 53.8 Å². The van der Waals surface area contributed by atoms with Gasteiger partial charge in [0.1, 0.15) is 43.2 Å². The van der Waals surface area contributed by atoms with Gasteiger partial charge in [-0.25, -0.2) is 9.13 Å². The van der Waals surface area contributed by atoms with Crippen LogP contribution in [-0.4, -0.2) is 115 Å². The smallest absolute Gasteiger partial charge is 0.462 e. The molecule has 71 heavy (non-hydrogen) atoms. The third kappa shape index (κ3) is 32.3. The molecule has 17 nitrogen and oxygen atoms in total. The van der Waals surface area contributed by atoms with E-state index in [4.69, 9.17) is 23.3 Å². The topological polar surface area (TPSA) is 269 Å². The average Bonchev–Trinajstić information content (AvgIpc) is 4.08. The van der Waals surface area contributed by atoms with E-state index in [2.05, 4.69) is 91.3 Å². The molecule has 1 aliphatic heterocycles. The number of aliphatic hydroxyl groups is 4. The summed E-state index contributed by atoms with van der Waals surface area (Å²) in [4.78, 5) is 54.6. The Balaban J connectivity index is 1.79. The molecule has 0 aromatic heterocycles. The highest BCUT2D eigenvalue weighted by atomic mass is 31.2. The lowest BCUT2D eigenvalue weighted by atomic mass is 9.85. The Hall–Kier alpha value is -2.60. The number of unbranched alkanes of at least 4 members (excludes halogenated alkanes) is 13. The van der Waals surface area contributed by atoms with Gasteiger partial charge in [0.25, 0.3) is 0 Å². The van der Waals surface area contributed by atoms with Crippen molar-refractivity contribution in [2.24, 2.45) is 0 Å². The molecule has 19 heteroatoms. The third-order valence-corrected chi connectivity index (χ3v) is 13.4. The van der Waals surface area contributed by atoms with Gasteiger partial charge in [-0.05, 0) is 89.9 Å². The Bertz CT molecular complexity index is 1710. The van der Waals surface area contributed by atoms with E-state index in [1.54, 1.807) is 0 Å². The molecule has 0 bridgehead atoms. The molecule has 1 saturated carbocycles. The third-order valence-electron chi connectivity index (χ3n) is 11.9. The number of phosphoric acid groups is 2. The maximum Gasteiger partial charge on any atom is 0.472 e. The number of esters is 2. The zero-order valence-electron chi connectivity index (χ0n) is 42.3. The first kappa shape index (κ1) is 64.5. The molecule has 0 radical (unpaired) electrons. The molecule has 2 fully saturated rings. The predicted octanol–water partition coefficient (Wildman–Crippen LogP) is 9.78. The Morgan fingerprint density at radius 3 is 1.55 bits per heavy atom. The maximum absolute atomic E-state index is 13.0. The van der Waals surface area contributed by atoms with Gasteiger partial charge in [-0.1, -0.05) is 145 Å². The summed E-state index contributed by atoms with van der Waals surface area (Å²) in [6.07, 6.45) is 34.3. The highest BCUT2D eigenvalue weighted by molar-refractivity contribution is 7.47. The van der Waals surface area contributed by atoms with Crippen molar-refractivity contribution in [1.29, 1.82) is 0 Å². The second-order valence-corrected chi connectivity index (χ2v) is 20.9. The van der Waals surface area contributed by atoms with E-state index in [1.165, 1.54) is 44.9 Å². The number of rotatable bonds is 42.